The highest BCUT2D eigenvalue weighted by molar-refractivity contribution is 5.76. The summed E-state index contributed by atoms with van der Waals surface area (Å²) in [4.78, 5) is 11.8. The van der Waals surface area contributed by atoms with Crippen molar-refractivity contribution in [3.8, 4) is 0 Å². The molecule has 1 aliphatic heterocycles. The molecule has 1 saturated carbocycles. The van der Waals surface area contributed by atoms with Gasteiger partial charge < -0.3 is 10.6 Å². The van der Waals surface area contributed by atoms with Crippen LogP contribution in [-0.2, 0) is 4.79 Å². The summed E-state index contributed by atoms with van der Waals surface area (Å²) in [5, 5.41) is 6.46. The summed E-state index contributed by atoms with van der Waals surface area (Å²) in [6.45, 7) is 5.30. The van der Waals surface area contributed by atoms with E-state index < -0.39 is 0 Å². The molecule has 1 heterocycles. The van der Waals surface area contributed by atoms with Crippen molar-refractivity contribution in [2.24, 2.45) is 11.3 Å². The Hall–Kier alpha value is -0.570. The second kappa shape index (κ2) is 5.17. The third-order valence-electron chi connectivity index (χ3n) is 4.30. The van der Waals surface area contributed by atoms with Crippen molar-refractivity contribution in [2.45, 2.75) is 45.4 Å². The van der Waals surface area contributed by atoms with Gasteiger partial charge in [-0.15, -0.1) is 0 Å². The van der Waals surface area contributed by atoms with Crippen molar-refractivity contribution in [3.63, 3.8) is 0 Å². The van der Waals surface area contributed by atoms with Gasteiger partial charge in [-0.3, -0.25) is 4.79 Å². The van der Waals surface area contributed by atoms with Gasteiger partial charge in [0.15, 0.2) is 0 Å². The maximum Gasteiger partial charge on any atom is 0.220 e. The van der Waals surface area contributed by atoms with Crippen LogP contribution in [-0.4, -0.2) is 25.5 Å². The first kappa shape index (κ1) is 11.9. The molecule has 2 N–H and O–H groups in total. The average molecular weight is 224 g/mol. The summed E-state index contributed by atoms with van der Waals surface area (Å²) in [7, 11) is 0. The Bertz CT molecular complexity index is 242. The van der Waals surface area contributed by atoms with Crippen molar-refractivity contribution in [1.29, 1.82) is 0 Å². The van der Waals surface area contributed by atoms with Crippen molar-refractivity contribution in [2.75, 3.05) is 19.6 Å². The molecule has 2 fully saturated rings. The Morgan fingerprint density at radius 2 is 2.06 bits per heavy atom. The van der Waals surface area contributed by atoms with E-state index in [0.717, 1.165) is 38.9 Å². The third-order valence-corrected chi connectivity index (χ3v) is 4.30. The zero-order valence-corrected chi connectivity index (χ0v) is 10.3. The Labute approximate surface area is 98.4 Å². The standard InChI is InChI=1S/C13H24N2O/c1-2-13(5-6-13)10-15-12(16)9-11-3-7-14-8-4-11/h11,14H,2-10H2,1H3,(H,15,16). The van der Waals surface area contributed by atoms with Gasteiger partial charge in [0.2, 0.25) is 5.91 Å². The molecular formula is C13H24N2O. The lowest BCUT2D eigenvalue weighted by Gasteiger charge is -2.22. The molecule has 0 bridgehead atoms. The highest BCUT2D eigenvalue weighted by atomic mass is 16.1. The molecule has 1 amide bonds. The molecule has 0 aromatic rings. The number of hydrogen-bond donors (Lipinski definition) is 2. The summed E-state index contributed by atoms with van der Waals surface area (Å²) in [6, 6.07) is 0. The third kappa shape index (κ3) is 3.21. The fourth-order valence-electron chi connectivity index (χ4n) is 2.54. The zero-order chi connectivity index (χ0) is 11.4. The van der Waals surface area contributed by atoms with Crippen LogP contribution in [0.4, 0.5) is 0 Å². The molecule has 0 spiro atoms. The largest absolute Gasteiger partial charge is 0.356 e. The van der Waals surface area contributed by atoms with E-state index in [9.17, 15) is 4.79 Å². The van der Waals surface area contributed by atoms with E-state index in [2.05, 4.69) is 17.6 Å². The molecule has 0 unspecified atom stereocenters. The number of piperidine rings is 1. The molecule has 1 aliphatic carbocycles. The zero-order valence-electron chi connectivity index (χ0n) is 10.3. The van der Waals surface area contributed by atoms with E-state index in [1.807, 2.05) is 0 Å². The van der Waals surface area contributed by atoms with Crippen LogP contribution >= 0.6 is 0 Å². The first-order valence-electron chi connectivity index (χ1n) is 6.71. The predicted molar refractivity (Wildman–Crippen MR) is 65.2 cm³/mol. The average Bonchev–Trinajstić information content (AvgIpc) is 3.09. The van der Waals surface area contributed by atoms with Gasteiger partial charge in [-0.2, -0.15) is 0 Å². The van der Waals surface area contributed by atoms with Crippen LogP contribution in [0.25, 0.3) is 0 Å². The van der Waals surface area contributed by atoms with Crippen molar-refractivity contribution >= 4 is 5.91 Å². The molecule has 3 nitrogen and oxygen atoms in total. The monoisotopic (exact) mass is 224 g/mol. The van der Waals surface area contributed by atoms with E-state index in [4.69, 9.17) is 0 Å². The highest BCUT2D eigenvalue weighted by Crippen LogP contribution is 2.47. The smallest absolute Gasteiger partial charge is 0.220 e. The molecule has 0 aromatic heterocycles. The Balaban J connectivity index is 1.64. The minimum Gasteiger partial charge on any atom is -0.356 e. The Morgan fingerprint density at radius 3 is 2.62 bits per heavy atom. The van der Waals surface area contributed by atoms with E-state index >= 15 is 0 Å². The Kier molecular flexibility index (Phi) is 3.85. The maximum atomic E-state index is 11.8. The van der Waals surface area contributed by atoms with Crippen molar-refractivity contribution < 1.29 is 4.79 Å². The van der Waals surface area contributed by atoms with Crippen LogP contribution in [0.15, 0.2) is 0 Å². The first-order chi connectivity index (χ1) is 7.74. The van der Waals surface area contributed by atoms with Crippen LogP contribution in [0.5, 0.6) is 0 Å². The van der Waals surface area contributed by atoms with Gasteiger partial charge in [-0.25, -0.2) is 0 Å². The van der Waals surface area contributed by atoms with E-state index in [1.165, 1.54) is 19.3 Å². The summed E-state index contributed by atoms with van der Waals surface area (Å²) >= 11 is 0. The Morgan fingerprint density at radius 1 is 1.38 bits per heavy atom. The quantitative estimate of drug-likeness (QED) is 0.746. The molecule has 16 heavy (non-hydrogen) atoms. The lowest BCUT2D eigenvalue weighted by atomic mass is 9.94. The van der Waals surface area contributed by atoms with Gasteiger partial charge >= 0.3 is 0 Å². The number of nitrogens with one attached hydrogen (secondary N) is 2. The lowest BCUT2D eigenvalue weighted by Crippen LogP contribution is -2.34. The van der Waals surface area contributed by atoms with E-state index in [0.29, 0.717) is 11.3 Å². The highest BCUT2D eigenvalue weighted by Gasteiger charge is 2.40. The van der Waals surface area contributed by atoms with Crippen LogP contribution in [0.3, 0.4) is 0 Å². The maximum absolute atomic E-state index is 11.8. The molecule has 2 rings (SSSR count). The molecule has 1 saturated heterocycles. The van der Waals surface area contributed by atoms with Crippen LogP contribution in [0, 0.1) is 11.3 Å². The summed E-state index contributed by atoms with van der Waals surface area (Å²) in [5.74, 6) is 0.879. The second-order valence-electron chi connectivity index (χ2n) is 5.53. The summed E-state index contributed by atoms with van der Waals surface area (Å²) in [6.07, 6.45) is 6.87. The van der Waals surface area contributed by atoms with Crippen LogP contribution in [0.2, 0.25) is 0 Å². The van der Waals surface area contributed by atoms with Gasteiger partial charge in [-0.1, -0.05) is 6.92 Å². The van der Waals surface area contributed by atoms with Crippen LogP contribution < -0.4 is 10.6 Å². The van der Waals surface area contributed by atoms with Crippen molar-refractivity contribution in [1.82, 2.24) is 10.6 Å². The number of rotatable bonds is 5. The van der Waals surface area contributed by atoms with Gasteiger partial charge in [0.05, 0.1) is 0 Å². The van der Waals surface area contributed by atoms with Crippen molar-refractivity contribution in [3.05, 3.63) is 0 Å². The normalized spacial score (nSPS) is 24.1. The number of amides is 1. The molecule has 0 atom stereocenters. The van der Waals surface area contributed by atoms with E-state index in [1.54, 1.807) is 0 Å². The molecule has 0 radical (unpaired) electrons. The predicted octanol–water partition coefficient (Wildman–Crippen LogP) is 1.68. The summed E-state index contributed by atoms with van der Waals surface area (Å²) in [5.41, 5.74) is 0.476. The first-order valence-corrected chi connectivity index (χ1v) is 6.71. The van der Waals surface area contributed by atoms with Gasteiger partial charge in [0, 0.05) is 13.0 Å². The van der Waals surface area contributed by atoms with E-state index in [-0.39, 0.29) is 5.91 Å². The molecule has 2 aliphatic rings. The molecule has 92 valence electrons. The molecular weight excluding hydrogens is 200 g/mol. The lowest BCUT2D eigenvalue weighted by molar-refractivity contribution is -0.122. The molecule has 3 heteroatoms. The van der Waals surface area contributed by atoms with Gasteiger partial charge in [0.25, 0.3) is 0 Å². The minimum atomic E-state index is 0.270. The number of carbonyl (C=O) groups excluding carboxylic acids is 1. The van der Waals surface area contributed by atoms with Crippen LogP contribution in [0.1, 0.15) is 45.4 Å². The second-order valence-corrected chi connectivity index (χ2v) is 5.53. The van der Waals surface area contributed by atoms with Gasteiger partial charge in [-0.05, 0) is 56.5 Å². The topological polar surface area (TPSA) is 41.1 Å². The SMILES string of the molecule is CCC1(CNC(=O)CC2CCNCC2)CC1. The fraction of sp³-hybridized carbons (Fsp3) is 0.923. The molecule has 0 aromatic carbocycles. The number of hydrogen-bond acceptors (Lipinski definition) is 2. The van der Waals surface area contributed by atoms with Gasteiger partial charge in [0.1, 0.15) is 0 Å². The number of carbonyl (C=O) groups is 1. The fourth-order valence-corrected chi connectivity index (χ4v) is 2.54. The summed E-state index contributed by atoms with van der Waals surface area (Å²) < 4.78 is 0. The minimum absolute atomic E-state index is 0.270.